The van der Waals surface area contributed by atoms with Gasteiger partial charge in [-0.2, -0.15) is 11.8 Å². The molecule has 16 heavy (non-hydrogen) atoms. The number of hydrogen-bond donors (Lipinski definition) is 1. The minimum absolute atomic E-state index is 0.147. The fourth-order valence-electron chi connectivity index (χ4n) is 2.39. The third-order valence-corrected chi connectivity index (χ3v) is 4.08. The van der Waals surface area contributed by atoms with Gasteiger partial charge < -0.3 is 10.6 Å². The Labute approximate surface area is 103 Å². The number of rotatable bonds is 5. The number of carbonyl (C=O) groups is 1. The molecule has 3 nitrogen and oxygen atoms in total. The van der Waals surface area contributed by atoms with Crippen LogP contribution in [0.5, 0.6) is 0 Å². The number of hydrogen-bond acceptors (Lipinski definition) is 3. The van der Waals surface area contributed by atoms with Crippen molar-refractivity contribution in [2.24, 2.45) is 11.7 Å². The molecule has 94 valence electrons. The van der Waals surface area contributed by atoms with Crippen molar-refractivity contribution in [1.82, 2.24) is 4.90 Å². The summed E-state index contributed by atoms with van der Waals surface area (Å²) in [6.07, 6.45) is 6.54. The third kappa shape index (κ3) is 3.67. The first-order valence-electron chi connectivity index (χ1n) is 6.20. The molecular formula is C12H24N2OS. The molecule has 1 rings (SSSR count). The van der Waals surface area contributed by atoms with Gasteiger partial charge in [0.1, 0.15) is 0 Å². The van der Waals surface area contributed by atoms with Crippen LogP contribution < -0.4 is 5.73 Å². The highest BCUT2D eigenvalue weighted by atomic mass is 32.2. The predicted octanol–water partition coefficient (Wildman–Crippen LogP) is 1.72. The van der Waals surface area contributed by atoms with E-state index in [0.717, 1.165) is 31.6 Å². The molecule has 1 saturated heterocycles. The summed E-state index contributed by atoms with van der Waals surface area (Å²) in [6, 6.07) is 0.399. The summed E-state index contributed by atoms with van der Waals surface area (Å²) in [5.74, 6) is 1.39. The first-order valence-corrected chi connectivity index (χ1v) is 7.59. The summed E-state index contributed by atoms with van der Waals surface area (Å²) in [4.78, 5) is 14.3. The maximum absolute atomic E-state index is 12.2. The first kappa shape index (κ1) is 13.8. The Bertz CT molecular complexity index is 221. The van der Waals surface area contributed by atoms with Crippen molar-refractivity contribution in [1.29, 1.82) is 0 Å². The number of nitrogens with zero attached hydrogens (tertiary/aromatic N) is 1. The quantitative estimate of drug-likeness (QED) is 0.801. The van der Waals surface area contributed by atoms with E-state index in [1.165, 1.54) is 6.42 Å². The molecule has 0 radical (unpaired) electrons. The molecule has 0 saturated carbocycles. The average Bonchev–Trinajstić information content (AvgIpc) is 2.29. The second kappa shape index (κ2) is 7.17. The van der Waals surface area contributed by atoms with E-state index in [-0.39, 0.29) is 5.92 Å². The molecule has 0 aromatic heterocycles. The van der Waals surface area contributed by atoms with Gasteiger partial charge in [0.05, 0.1) is 0 Å². The molecule has 1 aliphatic rings. The summed E-state index contributed by atoms with van der Waals surface area (Å²) in [7, 11) is 0. The van der Waals surface area contributed by atoms with Crippen LogP contribution in [0.3, 0.4) is 0 Å². The molecule has 0 bridgehead atoms. The molecule has 2 unspecified atom stereocenters. The van der Waals surface area contributed by atoms with Gasteiger partial charge in [-0.15, -0.1) is 0 Å². The Hall–Kier alpha value is -0.220. The van der Waals surface area contributed by atoms with Gasteiger partial charge in [-0.1, -0.05) is 6.92 Å². The van der Waals surface area contributed by atoms with Crippen molar-refractivity contribution in [3.63, 3.8) is 0 Å². The van der Waals surface area contributed by atoms with E-state index < -0.39 is 0 Å². The second-order valence-electron chi connectivity index (χ2n) is 4.61. The van der Waals surface area contributed by atoms with E-state index in [4.69, 9.17) is 5.73 Å². The summed E-state index contributed by atoms with van der Waals surface area (Å²) in [5.41, 5.74) is 5.61. The average molecular weight is 244 g/mol. The van der Waals surface area contributed by atoms with E-state index in [1.807, 2.05) is 6.92 Å². The van der Waals surface area contributed by atoms with Gasteiger partial charge in [0.15, 0.2) is 0 Å². The SMILES string of the molecule is CSCC(C)C(=O)N1CCCCC1CCN. The molecule has 4 heteroatoms. The van der Waals surface area contributed by atoms with Gasteiger partial charge in [0, 0.05) is 24.3 Å². The zero-order chi connectivity index (χ0) is 12.0. The van der Waals surface area contributed by atoms with Gasteiger partial charge in [-0.25, -0.2) is 0 Å². The second-order valence-corrected chi connectivity index (χ2v) is 5.53. The lowest BCUT2D eigenvalue weighted by molar-refractivity contribution is -0.138. The Morgan fingerprint density at radius 1 is 1.56 bits per heavy atom. The molecular weight excluding hydrogens is 220 g/mol. The van der Waals surface area contributed by atoms with Crippen LogP contribution in [0.4, 0.5) is 0 Å². The number of thioether (sulfide) groups is 1. The van der Waals surface area contributed by atoms with Crippen LogP contribution in [-0.4, -0.2) is 41.9 Å². The zero-order valence-electron chi connectivity index (χ0n) is 10.4. The van der Waals surface area contributed by atoms with Crippen LogP contribution in [0, 0.1) is 5.92 Å². The summed E-state index contributed by atoms with van der Waals surface area (Å²) < 4.78 is 0. The molecule has 1 heterocycles. The van der Waals surface area contributed by atoms with E-state index in [1.54, 1.807) is 11.8 Å². The fourth-order valence-corrected chi connectivity index (χ4v) is 3.03. The molecule has 0 aromatic rings. The normalized spacial score (nSPS) is 23.2. The van der Waals surface area contributed by atoms with Gasteiger partial charge in [0.2, 0.25) is 5.91 Å². The van der Waals surface area contributed by atoms with Crippen molar-refractivity contribution in [2.45, 2.75) is 38.6 Å². The lowest BCUT2D eigenvalue weighted by Crippen LogP contribution is -2.47. The van der Waals surface area contributed by atoms with Crippen LogP contribution in [0.25, 0.3) is 0 Å². The highest BCUT2D eigenvalue weighted by Crippen LogP contribution is 2.22. The lowest BCUT2D eigenvalue weighted by Gasteiger charge is -2.37. The van der Waals surface area contributed by atoms with Crippen LogP contribution in [-0.2, 0) is 4.79 Å². The van der Waals surface area contributed by atoms with Crippen LogP contribution >= 0.6 is 11.8 Å². The minimum atomic E-state index is 0.147. The highest BCUT2D eigenvalue weighted by Gasteiger charge is 2.28. The molecule has 2 N–H and O–H groups in total. The smallest absolute Gasteiger partial charge is 0.226 e. The number of likely N-dealkylation sites (tertiary alicyclic amines) is 1. The lowest BCUT2D eigenvalue weighted by atomic mass is 9.97. The monoisotopic (exact) mass is 244 g/mol. The maximum atomic E-state index is 12.2. The van der Waals surface area contributed by atoms with Crippen molar-refractivity contribution in [2.75, 3.05) is 25.1 Å². The molecule has 1 aliphatic heterocycles. The van der Waals surface area contributed by atoms with E-state index in [2.05, 4.69) is 11.2 Å². The Morgan fingerprint density at radius 3 is 2.94 bits per heavy atom. The van der Waals surface area contributed by atoms with Crippen molar-refractivity contribution in [3.8, 4) is 0 Å². The van der Waals surface area contributed by atoms with Crippen molar-refractivity contribution < 1.29 is 4.79 Å². The number of carbonyl (C=O) groups excluding carboxylic acids is 1. The number of nitrogens with two attached hydrogens (primary N) is 1. The summed E-state index contributed by atoms with van der Waals surface area (Å²) in [6.45, 7) is 3.65. The van der Waals surface area contributed by atoms with Crippen LogP contribution in [0.15, 0.2) is 0 Å². The summed E-state index contributed by atoms with van der Waals surface area (Å²) in [5, 5.41) is 0. The number of amides is 1. The zero-order valence-corrected chi connectivity index (χ0v) is 11.3. The fraction of sp³-hybridized carbons (Fsp3) is 0.917. The van der Waals surface area contributed by atoms with E-state index in [9.17, 15) is 4.79 Å². The Morgan fingerprint density at radius 2 is 2.31 bits per heavy atom. The molecule has 2 atom stereocenters. The highest BCUT2D eigenvalue weighted by molar-refractivity contribution is 7.98. The Balaban J connectivity index is 2.56. The van der Waals surface area contributed by atoms with Gasteiger partial charge in [-0.3, -0.25) is 4.79 Å². The van der Waals surface area contributed by atoms with E-state index >= 15 is 0 Å². The van der Waals surface area contributed by atoms with Crippen molar-refractivity contribution >= 4 is 17.7 Å². The molecule has 0 aliphatic carbocycles. The van der Waals surface area contributed by atoms with Gasteiger partial charge in [-0.05, 0) is 38.5 Å². The van der Waals surface area contributed by atoms with Crippen LogP contribution in [0.1, 0.15) is 32.6 Å². The molecule has 1 fully saturated rings. The third-order valence-electron chi connectivity index (χ3n) is 3.25. The van der Waals surface area contributed by atoms with Gasteiger partial charge in [0.25, 0.3) is 0 Å². The van der Waals surface area contributed by atoms with Gasteiger partial charge >= 0.3 is 0 Å². The predicted molar refractivity (Wildman–Crippen MR) is 70.6 cm³/mol. The standard InChI is InChI=1S/C12H24N2OS/c1-10(9-16-2)12(15)14-8-4-3-5-11(14)6-7-13/h10-11H,3-9,13H2,1-2H3. The maximum Gasteiger partial charge on any atom is 0.226 e. The molecule has 0 aromatic carbocycles. The number of piperidine rings is 1. The molecule has 0 spiro atoms. The Kier molecular flexibility index (Phi) is 6.21. The first-order chi connectivity index (χ1) is 7.70. The van der Waals surface area contributed by atoms with E-state index in [0.29, 0.717) is 18.5 Å². The minimum Gasteiger partial charge on any atom is -0.339 e. The topological polar surface area (TPSA) is 46.3 Å². The molecule has 1 amide bonds. The van der Waals surface area contributed by atoms with Crippen molar-refractivity contribution in [3.05, 3.63) is 0 Å². The largest absolute Gasteiger partial charge is 0.339 e. The summed E-state index contributed by atoms with van der Waals surface area (Å²) >= 11 is 1.74. The van der Waals surface area contributed by atoms with Crippen LogP contribution in [0.2, 0.25) is 0 Å².